The maximum atomic E-state index is 5.58. The van der Waals surface area contributed by atoms with Gasteiger partial charge in [0, 0.05) is 12.6 Å². The topological polar surface area (TPSA) is 29.3 Å². The van der Waals surface area contributed by atoms with E-state index in [9.17, 15) is 0 Å². The molecule has 0 atom stereocenters. The fourth-order valence-corrected chi connectivity index (χ4v) is 1.43. The van der Waals surface area contributed by atoms with Crippen molar-refractivity contribution in [3.05, 3.63) is 0 Å². The molecular formula is C8H16N2S. The molecule has 1 aliphatic rings. The molecule has 0 aromatic rings. The van der Waals surface area contributed by atoms with E-state index in [1.54, 1.807) is 0 Å². The minimum Gasteiger partial charge on any atom is -0.376 e. The third kappa shape index (κ3) is 2.66. The molecule has 0 aromatic carbocycles. The fourth-order valence-electron chi connectivity index (χ4n) is 1.19. The molecule has 11 heavy (non-hydrogen) atoms. The van der Waals surface area contributed by atoms with Crippen LogP contribution in [0.2, 0.25) is 0 Å². The molecule has 1 fully saturated rings. The molecule has 0 spiro atoms. The number of unbranched alkanes of at least 4 members (excludes halogenated alkanes) is 1. The minimum atomic E-state index is 0.584. The second-order valence-electron chi connectivity index (χ2n) is 3.12. The zero-order valence-electron chi connectivity index (χ0n) is 7.05. The summed E-state index contributed by atoms with van der Waals surface area (Å²) in [6, 6.07) is 0.680. The van der Waals surface area contributed by atoms with Gasteiger partial charge in [-0.15, -0.1) is 0 Å². The lowest BCUT2D eigenvalue weighted by Gasteiger charge is -2.21. The highest BCUT2D eigenvalue weighted by molar-refractivity contribution is 7.80. The molecule has 1 rings (SSSR count). The highest BCUT2D eigenvalue weighted by atomic mass is 32.1. The molecule has 1 aliphatic carbocycles. The molecule has 0 heterocycles. The van der Waals surface area contributed by atoms with Crippen molar-refractivity contribution in [2.24, 2.45) is 5.73 Å². The molecular weight excluding hydrogens is 156 g/mol. The summed E-state index contributed by atoms with van der Waals surface area (Å²) in [5.41, 5.74) is 5.58. The Balaban J connectivity index is 2.26. The second-order valence-corrected chi connectivity index (χ2v) is 3.53. The molecule has 0 bridgehead atoms. The summed E-state index contributed by atoms with van der Waals surface area (Å²) in [4.78, 5) is 2.17. The first-order valence-electron chi connectivity index (χ1n) is 4.31. The normalized spacial score (nSPS) is 16.5. The second kappa shape index (κ2) is 3.90. The van der Waals surface area contributed by atoms with Crippen LogP contribution in [-0.2, 0) is 0 Å². The van der Waals surface area contributed by atoms with Crippen molar-refractivity contribution < 1.29 is 0 Å². The van der Waals surface area contributed by atoms with E-state index in [-0.39, 0.29) is 0 Å². The van der Waals surface area contributed by atoms with Crippen molar-refractivity contribution in [2.45, 2.75) is 38.6 Å². The van der Waals surface area contributed by atoms with Crippen LogP contribution in [-0.4, -0.2) is 22.6 Å². The van der Waals surface area contributed by atoms with Gasteiger partial charge in [-0.25, -0.2) is 0 Å². The lowest BCUT2D eigenvalue weighted by Crippen LogP contribution is -2.37. The largest absolute Gasteiger partial charge is 0.376 e. The predicted octanol–water partition coefficient (Wildman–Crippen LogP) is 1.49. The van der Waals surface area contributed by atoms with Crippen LogP contribution in [0.15, 0.2) is 0 Å². The molecule has 2 N–H and O–H groups in total. The number of nitrogens with zero attached hydrogens (tertiary/aromatic N) is 1. The molecule has 0 unspecified atom stereocenters. The first-order valence-corrected chi connectivity index (χ1v) is 4.72. The first kappa shape index (κ1) is 8.78. The minimum absolute atomic E-state index is 0.584. The quantitative estimate of drug-likeness (QED) is 0.652. The molecule has 1 saturated carbocycles. The van der Waals surface area contributed by atoms with E-state index in [4.69, 9.17) is 18.0 Å². The molecule has 0 saturated heterocycles. The van der Waals surface area contributed by atoms with E-state index >= 15 is 0 Å². The van der Waals surface area contributed by atoms with Gasteiger partial charge in [0.2, 0.25) is 0 Å². The third-order valence-corrected chi connectivity index (χ3v) is 2.26. The highest BCUT2D eigenvalue weighted by Gasteiger charge is 2.28. The summed E-state index contributed by atoms with van der Waals surface area (Å²) in [5, 5.41) is 0.584. The van der Waals surface area contributed by atoms with Gasteiger partial charge in [0.05, 0.1) is 0 Å². The van der Waals surface area contributed by atoms with E-state index < -0.39 is 0 Å². The average molecular weight is 172 g/mol. The van der Waals surface area contributed by atoms with Crippen molar-refractivity contribution in [3.63, 3.8) is 0 Å². The standard InChI is InChI=1S/C8H16N2S/c1-2-3-6-10(8(9)11)7-4-5-7/h7H,2-6H2,1H3,(H2,9,11). The van der Waals surface area contributed by atoms with Crippen LogP contribution in [0, 0.1) is 0 Å². The zero-order chi connectivity index (χ0) is 8.27. The van der Waals surface area contributed by atoms with Crippen molar-refractivity contribution in [1.82, 2.24) is 4.90 Å². The number of hydrogen-bond acceptors (Lipinski definition) is 1. The first-order chi connectivity index (χ1) is 5.25. The van der Waals surface area contributed by atoms with Crippen LogP contribution in [0.25, 0.3) is 0 Å². The van der Waals surface area contributed by atoms with Gasteiger partial charge < -0.3 is 10.6 Å². The summed E-state index contributed by atoms with van der Waals surface area (Å²) >= 11 is 4.95. The van der Waals surface area contributed by atoms with Gasteiger partial charge >= 0.3 is 0 Å². The van der Waals surface area contributed by atoms with Crippen molar-refractivity contribution in [2.75, 3.05) is 6.54 Å². The Kier molecular flexibility index (Phi) is 3.12. The Labute approximate surface area is 73.7 Å². The Morgan fingerprint density at radius 1 is 1.64 bits per heavy atom. The summed E-state index contributed by atoms with van der Waals surface area (Å²) in [5.74, 6) is 0. The number of hydrogen-bond donors (Lipinski definition) is 1. The van der Waals surface area contributed by atoms with Crippen molar-refractivity contribution in [3.8, 4) is 0 Å². The van der Waals surface area contributed by atoms with E-state index in [0.29, 0.717) is 11.2 Å². The number of thiocarbonyl (C=S) groups is 1. The highest BCUT2D eigenvalue weighted by Crippen LogP contribution is 2.26. The summed E-state index contributed by atoms with van der Waals surface area (Å²) < 4.78 is 0. The van der Waals surface area contributed by atoms with Gasteiger partial charge in [0.25, 0.3) is 0 Å². The smallest absolute Gasteiger partial charge is 0.166 e. The van der Waals surface area contributed by atoms with Crippen molar-refractivity contribution in [1.29, 1.82) is 0 Å². The van der Waals surface area contributed by atoms with Gasteiger partial charge in [-0.2, -0.15) is 0 Å². The Morgan fingerprint density at radius 2 is 2.27 bits per heavy atom. The molecule has 2 nitrogen and oxygen atoms in total. The summed E-state index contributed by atoms with van der Waals surface area (Å²) in [6.45, 7) is 3.24. The van der Waals surface area contributed by atoms with Crippen LogP contribution in [0.4, 0.5) is 0 Å². The molecule has 0 aromatic heterocycles. The molecule has 0 amide bonds. The van der Waals surface area contributed by atoms with Crippen LogP contribution >= 0.6 is 12.2 Å². The maximum absolute atomic E-state index is 5.58. The number of nitrogens with two attached hydrogens (primary N) is 1. The van der Waals surface area contributed by atoms with E-state index in [1.807, 2.05) is 0 Å². The van der Waals surface area contributed by atoms with Crippen LogP contribution in [0.1, 0.15) is 32.6 Å². The number of rotatable bonds is 4. The van der Waals surface area contributed by atoms with Crippen LogP contribution < -0.4 is 5.73 Å². The van der Waals surface area contributed by atoms with Gasteiger partial charge in [-0.05, 0) is 31.5 Å². The predicted molar refractivity (Wildman–Crippen MR) is 51.4 cm³/mol. The molecule has 64 valence electrons. The molecule has 0 radical (unpaired) electrons. The van der Waals surface area contributed by atoms with Gasteiger partial charge in [-0.3, -0.25) is 0 Å². The van der Waals surface area contributed by atoms with Gasteiger partial charge in [0.1, 0.15) is 0 Å². The monoisotopic (exact) mass is 172 g/mol. The maximum Gasteiger partial charge on any atom is 0.166 e. The molecule has 3 heteroatoms. The van der Waals surface area contributed by atoms with E-state index in [2.05, 4.69) is 11.8 Å². The zero-order valence-corrected chi connectivity index (χ0v) is 7.86. The SMILES string of the molecule is CCCCN(C(N)=S)C1CC1. The average Bonchev–Trinajstić information content (AvgIpc) is 2.71. The van der Waals surface area contributed by atoms with E-state index in [0.717, 1.165) is 6.54 Å². The summed E-state index contributed by atoms with van der Waals surface area (Å²) in [6.07, 6.45) is 4.97. The van der Waals surface area contributed by atoms with E-state index in [1.165, 1.54) is 25.7 Å². The lowest BCUT2D eigenvalue weighted by atomic mass is 10.3. The third-order valence-electron chi connectivity index (χ3n) is 2.02. The van der Waals surface area contributed by atoms with Crippen LogP contribution in [0.3, 0.4) is 0 Å². The Hall–Kier alpha value is -0.310. The van der Waals surface area contributed by atoms with Gasteiger partial charge in [0.15, 0.2) is 5.11 Å². The van der Waals surface area contributed by atoms with Crippen molar-refractivity contribution >= 4 is 17.3 Å². The Bertz CT molecular complexity index is 143. The molecule has 0 aliphatic heterocycles. The summed E-state index contributed by atoms with van der Waals surface area (Å²) in [7, 11) is 0. The Morgan fingerprint density at radius 3 is 2.64 bits per heavy atom. The lowest BCUT2D eigenvalue weighted by molar-refractivity contribution is 0.402. The van der Waals surface area contributed by atoms with Gasteiger partial charge in [-0.1, -0.05) is 13.3 Å². The van der Waals surface area contributed by atoms with Crippen LogP contribution in [0.5, 0.6) is 0 Å². The fraction of sp³-hybridized carbons (Fsp3) is 0.875.